The first-order valence-corrected chi connectivity index (χ1v) is 6.12. The van der Waals surface area contributed by atoms with Crippen molar-refractivity contribution < 1.29 is 5.11 Å². The van der Waals surface area contributed by atoms with E-state index in [9.17, 15) is 5.11 Å². The highest BCUT2D eigenvalue weighted by molar-refractivity contribution is 9.10. The molecule has 0 aromatic heterocycles. The van der Waals surface area contributed by atoms with Crippen molar-refractivity contribution in [2.75, 3.05) is 19.6 Å². The lowest BCUT2D eigenvalue weighted by Crippen LogP contribution is -2.28. The van der Waals surface area contributed by atoms with E-state index < -0.39 is 6.10 Å². The highest BCUT2D eigenvalue weighted by atomic mass is 79.9. The minimum Gasteiger partial charge on any atom is -0.387 e. The first-order chi connectivity index (χ1) is 7.17. The van der Waals surface area contributed by atoms with Gasteiger partial charge in [-0.05, 0) is 30.8 Å². The molecule has 0 aliphatic carbocycles. The minimum absolute atomic E-state index is 0.401. The molecule has 0 bridgehead atoms. The van der Waals surface area contributed by atoms with E-state index in [-0.39, 0.29) is 0 Å². The van der Waals surface area contributed by atoms with Gasteiger partial charge in [-0.1, -0.05) is 41.9 Å². The van der Waals surface area contributed by atoms with Crippen LogP contribution in [0.15, 0.2) is 28.7 Å². The van der Waals surface area contributed by atoms with Crippen molar-refractivity contribution in [1.29, 1.82) is 0 Å². The molecular weight excluding hydrogens is 254 g/mol. The topological polar surface area (TPSA) is 23.5 Å². The fourth-order valence-corrected chi connectivity index (χ4v) is 1.96. The van der Waals surface area contributed by atoms with Gasteiger partial charge < -0.3 is 10.0 Å². The molecule has 0 amide bonds. The Balaban J connectivity index is 2.64. The highest BCUT2D eigenvalue weighted by Crippen LogP contribution is 2.18. The number of aliphatic hydroxyl groups is 1. The summed E-state index contributed by atoms with van der Waals surface area (Å²) in [5.74, 6) is 0. The van der Waals surface area contributed by atoms with Crippen LogP contribution in [0.1, 0.15) is 25.5 Å². The van der Waals surface area contributed by atoms with E-state index in [4.69, 9.17) is 0 Å². The van der Waals surface area contributed by atoms with Crippen LogP contribution in [0.5, 0.6) is 0 Å². The Bertz CT molecular complexity index is 299. The molecular formula is C12H18BrNO. The van der Waals surface area contributed by atoms with Crippen LogP contribution in [0.4, 0.5) is 0 Å². The molecule has 1 N–H and O–H groups in total. The number of nitrogens with zero attached hydrogens (tertiary/aromatic N) is 1. The molecule has 15 heavy (non-hydrogen) atoms. The van der Waals surface area contributed by atoms with E-state index >= 15 is 0 Å². The third-order valence-electron chi connectivity index (χ3n) is 2.56. The molecule has 1 aromatic rings. The predicted octanol–water partition coefficient (Wildman–Crippen LogP) is 2.82. The van der Waals surface area contributed by atoms with Gasteiger partial charge in [0.25, 0.3) is 0 Å². The first kappa shape index (κ1) is 12.7. The zero-order chi connectivity index (χ0) is 11.3. The summed E-state index contributed by atoms with van der Waals surface area (Å²) < 4.78 is 1.01. The van der Waals surface area contributed by atoms with Gasteiger partial charge in [0.15, 0.2) is 0 Å². The Morgan fingerprint density at radius 3 is 2.53 bits per heavy atom. The molecule has 1 aromatic carbocycles. The maximum Gasteiger partial charge on any atom is 0.0917 e. The normalized spacial score (nSPS) is 13.1. The Kier molecular flexibility index (Phi) is 5.29. The van der Waals surface area contributed by atoms with Crippen molar-refractivity contribution in [2.45, 2.75) is 20.0 Å². The maximum atomic E-state index is 10.0. The summed E-state index contributed by atoms with van der Waals surface area (Å²) in [5.41, 5.74) is 0.969. The van der Waals surface area contributed by atoms with E-state index in [1.165, 1.54) is 0 Å². The number of halogens is 1. The van der Waals surface area contributed by atoms with Gasteiger partial charge in [-0.2, -0.15) is 0 Å². The molecule has 0 saturated heterocycles. The van der Waals surface area contributed by atoms with Crippen molar-refractivity contribution in [3.05, 3.63) is 34.3 Å². The second kappa shape index (κ2) is 6.26. The standard InChI is InChI=1S/C12H18BrNO/c1-3-14(4-2)9-12(15)10-6-5-7-11(13)8-10/h5-8,12,15H,3-4,9H2,1-2H3. The average molecular weight is 272 g/mol. The number of likely N-dealkylation sites (N-methyl/N-ethyl adjacent to an activating group) is 1. The third kappa shape index (κ3) is 3.93. The lowest BCUT2D eigenvalue weighted by molar-refractivity contribution is 0.119. The van der Waals surface area contributed by atoms with Crippen molar-refractivity contribution in [2.24, 2.45) is 0 Å². The molecule has 2 nitrogen and oxygen atoms in total. The van der Waals surface area contributed by atoms with Crippen molar-refractivity contribution in [1.82, 2.24) is 4.90 Å². The summed E-state index contributed by atoms with van der Waals surface area (Å²) in [6.07, 6.45) is -0.401. The largest absolute Gasteiger partial charge is 0.387 e. The van der Waals surface area contributed by atoms with Crippen LogP contribution in [-0.4, -0.2) is 29.6 Å². The molecule has 1 atom stereocenters. The van der Waals surface area contributed by atoms with Gasteiger partial charge in [0.2, 0.25) is 0 Å². The molecule has 0 fully saturated rings. The third-order valence-corrected chi connectivity index (χ3v) is 3.05. The van der Waals surface area contributed by atoms with E-state index in [0.717, 1.165) is 23.1 Å². The van der Waals surface area contributed by atoms with Crippen molar-refractivity contribution in [3.63, 3.8) is 0 Å². The second-order valence-corrected chi connectivity index (χ2v) is 4.47. The number of hydrogen-bond donors (Lipinski definition) is 1. The average Bonchev–Trinajstić information content (AvgIpc) is 2.25. The molecule has 0 saturated carbocycles. The van der Waals surface area contributed by atoms with Crippen LogP contribution >= 0.6 is 15.9 Å². The summed E-state index contributed by atoms with van der Waals surface area (Å²) in [6.45, 7) is 6.86. The molecule has 0 spiro atoms. The van der Waals surface area contributed by atoms with Crippen LogP contribution in [0, 0.1) is 0 Å². The monoisotopic (exact) mass is 271 g/mol. The van der Waals surface area contributed by atoms with Crippen LogP contribution in [0.2, 0.25) is 0 Å². The molecule has 3 heteroatoms. The van der Waals surface area contributed by atoms with Gasteiger partial charge in [-0.25, -0.2) is 0 Å². The van der Waals surface area contributed by atoms with Crippen LogP contribution in [0.25, 0.3) is 0 Å². The Morgan fingerprint density at radius 1 is 1.33 bits per heavy atom. The van der Waals surface area contributed by atoms with E-state index in [0.29, 0.717) is 6.54 Å². The molecule has 0 radical (unpaired) electrons. The lowest BCUT2D eigenvalue weighted by Gasteiger charge is -2.22. The number of aliphatic hydroxyl groups excluding tert-OH is 1. The summed E-state index contributed by atoms with van der Waals surface area (Å²) in [5, 5.41) is 10.0. The zero-order valence-corrected chi connectivity index (χ0v) is 10.9. The molecule has 84 valence electrons. The summed E-state index contributed by atoms with van der Waals surface area (Å²) >= 11 is 3.41. The Labute approximate surface area is 100 Å². The maximum absolute atomic E-state index is 10.0. The van der Waals surface area contributed by atoms with Crippen molar-refractivity contribution >= 4 is 15.9 Å². The number of rotatable bonds is 5. The molecule has 1 unspecified atom stereocenters. The predicted molar refractivity (Wildman–Crippen MR) is 66.9 cm³/mol. The van der Waals surface area contributed by atoms with E-state index in [1.54, 1.807) is 0 Å². The SMILES string of the molecule is CCN(CC)CC(O)c1cccc(Br)c1. The smallest absolute Gasteiger partial charge is 0.0917 e. The number of hydrogen-bond acceptors (Lipinski definition) is 2. The van der Waals surface area contributed by atoms with Gasteiger partial charge in [0.1, 0.15) is 0 Å². The van der Waals surface area contributed by atoms with Gasteiger partial charge in [0, 0.05) is 11.0 Å². The summed E-state index contributed by atoms with van der Waals surface area (Å²) in [7, 11) is 0. The van der Waals surface area contributed by atoms with Gasteiger partial charge in [-0.15, -0.1) is 0 Å². The second-order valence-electron chi connectivity index (χ2n) is 3.56. The first-order valence-electron chi connectivity index (χ1n) is 5.33. The van der Waals surface area contributed by atoms with Crippen LogP contribution < -0.4 is 0 Å². The van der Waals surface area contributed by atoms with Gasteiger partial charge >= 0.3 is 0 Å². The Hall–Kier alpha value is -0.380. The van der Waals surface area contributed by atoms with Crippen LogP contribution in [0.3, 0.4) is 0 Å². The fraction of sp³-hybridized carbons (Fsp3) is 0.500. The summed E-state index contributed by atoms with van der Waals surface area (Å²) in [6, 6.07) is 7.84. The minimum atomic E-state index is -0.401. The van der Waals surface area contributed by atoms with Crippen LogP contribution in [-0.2, 0) is 0 Å². The van der Waals surface area contributed by atoms with Gasteiger partial charge in [0.05, 0.1) is 6.10 Å². The molecule has 0 aliphatic heterocycles. The Morgan fingerprint density at radius 2 is 2.00 bits per heavy atom. The molecule has 1 rings (SSSR count). The van der Waals surface area contributed by atoms with E-state index in [1.807, 2.05) is 24.3 Å². The molecule has 0 aliphatic rings. The zero-order valence-electron chi connectivity index (χ0n) is 9.28. The van der Waals surface area contributed by atoms with Crippen molar-refractivity contribution in [3.8, 4) is 0 Å². The quantitative estimate of drug-likeness (QED) is 0.891. The summed E-state index contributed by atoms with van der Waals surface area (Å²) in [4.78, 5) is 2.21. The fourth-order valence-electron chi connectivity index (χ4n) is 1.55. The number of benzene rings is 1. The lowest BCUT2D eigenvalue weighted by atomic mass is 10.1. The molecule has 0 heterocycles. The highest BCUT2D eigenvalue weighted by Gasteiger charge is 2.11. The van der Waals surface area contributed by atoms with E-state index in [2.05, 4.69) is 34.7 Å². The van der Waals surface area contributed by atoms with Gasteiger partial charge in [-0.3, -0.25) is 0 Å².